The van der Waals surface area contributed by atoms with Gasteiger partial charge in [-0.05, 0) is 37.6 Å². The van der Waals surface area contributed by atoms with Gasteiger partial charge in [-0.25, -0.2) is 0 Å². The van der Waals surface area contributed by atoms with Gasteiger partial charge in [0.25, 0.3) is 0 Å². The quantitative estimate of drug-likeness (QED) is 0.883. The van der Waals surface area contributed by atoms with Crippen LogP contribution in [0.2, 0.25) is 0 Å². The molecule has 0 amide bonds. The van der Waals surface area contributed by atoms with Gasteiger partial charge in [0.1, 0.15) is 12.4 Å². The molecule has 0 aromatic heterocycles. The van der Waals surface area contributed by atoms with Crippen LogP contribution in [-0.2, 0) is 0 Å². The van der Waals surface area contributed by atoms with Gasteiger partial charge in [-0.2, -0.15) is 0 Å². The molecule has 2 heteroatoms. The molecule has 0 bridgehead atoms. The Bertz CT molecular complexity index is 571. The Labute approximate surface area is 120 Å². The molecule has 0 saturated heterocycles. The van der Waals surface area contributed by atoms with E-state index in [9.17, 15) is 5.11 Å². The molecule has 0 fully saturated rings. The molecule has 0 unspecified atom stereocenters. The Morgan fingerprint density at radius 3 is 2.60 bits per heavy atom. The van der Waals surface area contributed by atoms with E-state index in [1.54, 1.807) is 6.92 Å². The summed E-state index contributed by atoms with van der Waals surface area (Å²) in [5.74, 6) is 0.739. The second-order valence-electron chi connectivity index (χ2n) is 4.84. The molecule has 2 rings (SSSR count). The van der Waals surface area contributed by atoms with Crippen molar-refractivity contribution in [3.05, 3.63) is 71.3 Å². The van der Waals surface area contributed by atoms with Crippen molar-refractivity contribution in [1.82, 2.24) is 0 Å². The van der Waals surface area contributed by atoms with Crippen molar-refractivity contribution in [2.75, 3.05) is 6.61 Å². The first-order chi connectivity index (χ1) is 9.66. The number of hydrogen-bond donors (Lipinski definition) is 1. The van der Waals surface area contributed by atoms with Crippen LogP contribution >= 0.6 is 0 Å². The summed E-state index contributed by atoms with van der Waals surface area (Å²) in [5, 5.41) is 9.77. The van der Waals surface area contributed by atoms with Crippen LogP contribution in [0, 0.1) is 6.92 Å². The minimum atomic E-state index is -0.525. The molecular weight excluding hydrogens is 248 g/mol. The molecule has 104 valence electrons. The predicted molar refractivity (Wildman–Crippen MR) is 82.8 cm³/mol. The fourth-order valence-electron chi connectivity index (χ4n) is 2.01. The number of hydrogen-bond acceptors (Lipinski definition) is 2. The third-order valence-electron chi connectivity index (χ3n) is 3.06. The average molecular weight is 268 g/mol. The lowest BCUT2D eigenvalue weighted by Crippen LogP contribution is -2.00. The molecule has 0 aliphatic rings. The van der Waals surface area contributed by atoms with Gasteiger partial charge >= 0.3 is 0 Å². The Kier molecular flexibility index (Phi) is 4.97. The summed E-state index contributed by atoms with van der Waals surface area (Å²) in [4.78, 5) is 0. The Morgan fingerprint density at radius 1 is 1.15 bits per heavy atom. The van der Waals surface area contributed by atoms with Crippen LogP contribution in [0.5, 0.6) is 5.75 Å². The lowest BCUT2D eigenvalue weighted by atomic mass is 10.1. The largest absolute Gasteiger partial charge is 0.489 e. The van der Waals surface area contributed by atoms with E-state index >= 15 is 0 Å². The van der Waals surface area contributed by atoms with E-state index in [-0.39, 0.29) is 0 Å². The van der Waals surface area contributed by atoms with Gasteiger partial charge in [0.2, 0.25) is 0 Å². The summed E-state index contributed by atoms with van der Waals surface area (Å²) in [5.41, 5.74) is 3.10. The maximum Gasteiger partial charge on any atom is 0.125 e. The number of ether oxygens (including phenoxy) is 1. The first kappa shape index (κ1) is 14.4. The lowest BCUT2D eigenvalue weighted by molar-refractivity contribution is 0.193. The van der Waals surface area contributed by atoms with Crippen LogP contribution in [0.3, 0.4) is 0 Å². The molecule has 1 atom stereocenters. The molecule has 0 spiro atoms. The normalized spacial score (nSPS) is 12.6. The summed E-state index contributed by atoms with van der Waals surface area (Å²) in [7, 11) is 0. The Morgan fingerprint density at radius 2 is 1.90 bits per heavy atom. The Balaban J connectivity index is 1.99. The van der Waals surface area contributed by atoms with E-state index in [1.165, 1.54) is 0 Å². The molecular formula is C18H20O2. The molecule has 0 saturated carbocycles. The van der Waals surface area contributed by atoms with Crippen molar-refractivity contribution in [3.63, 3.8) is 0 Å². The maximum absolute atomic E-state index is 9.77. The predicted octanol–water partition coefficient (Wildman–Crippen LogP) is 4.14. The van der Waals surface area contributed by atoms with Crippen molar-refractivity contribution < 1.29 is 9.84 Å². The second-order valence-corrected chi connectivity index (χ2v) is 4.84. The third-order valence-corrected chi connectivity index (χ3v) is 3.06. The number of aliphatic hydroxyl groups excluding tert-OH is 1. The van der Waals surface area contributed by atoms with Crippen LogP contribution in [0.1, 0.15) is 29.7 Å². The van der Waals surface area contributed by atoms with Crippen LogP contribution in [0.25, 0.3) is 6.08 Å². The molecule has 0 radical (unpaired) electrons. The van der Waals surface area contributed by atoms with Crippen molar-refractivity contribution in [3.8, 4) is 5.75 Å². The molecule has 1 N–H and O–H groups in total. The van der Waals surface area contributed by atoms with Crippen LogP contribution in [0.15, 0.2) is 54.6 Å². The zero-order chi connectivity index (χ0) is 14.4. The zero-order valence-corrected chi connectivity index (χ0v) is 11.9. The fourth-order valence-corrected chi connectivity index (χ4v) is 2.01. The molecule has 0 aliphatic heterocycles. The van der Waals surface area contributed by atoms with E-state index in [2.05, 4.69) is 0 Å². The summed E-state index contributed by atoms with van der Waals surface area (Å²) in [6.45, 7) is 4.24. The number of aliphatic hydroxyl groups is 1. The van der Waals surface area contributed by atoms with Crippen molar-refractivity contribution in [2.45, 2.75) is 20.0 Å². The summed E-state index contributed by atoms with van der Waals surface area (Å²) in [6.07, 6.45) is 3.47. The highest BCUT2D eigenvalue weighted by atomic mass is 16.5. The number of aryl methyl sites for hydroxylation is 1. The molecule has 0 heterocycles. The van der Waals surface area contributed by atoms with Crippen molar-refractivity contribution in [2.24, 2.45) is 0 Å². The van der Waals surface area contributed by atoms with Crippen molar-refractivity contribution in [1.29, 1.82) is 0 Å². The second kappa shape index (κ2) is 6.92. The van der Waals surface area contributed by atoms with E-state index < -0.39 is 6.10 Å². The minimum Gasteiger partial charge on any atom is -0.489 e. The van der Waals surface area contributed by atoms with E-state index in [4.69, 9.17) is 4.74 Å². The molecule has 20 heavy (non-hydrogen) atoms. The highest BCUT2D eigenvalue weighted by Gasteiger charge is 2.08. The van der Waals surface area contributed by atoms with Gasteiger partial charge in [-0.1, -0.05) is 48.0 Å². The summed E-state index contributed by atoms with van der Waals surface area (Å²) < 4.78 is 5.73. The SMILES string of the molecule is Cc1ccc(OCC=Cc2ccccc2)c([C@@H](C)O)c1. The standard InChI is InChI=1S/C18H20O2/c1-14-10-11-18(17(13-14)15(2)19)20-12-6-9-16-7-4-3-5-8-16/h3-11,13,15,19H,12H2,1-2H3/t15-/m1/s1. The van der Waals surface area contributed by atoms with Crippen LogP contribution in [0.4, 0.5) is 0 Å². The van der Waals surface area contributed by atoms with Crippen molar-refractivity contribution >= 4 is 6.08 Å². The van der Waals surface area contributed by atoms with Gasteiger partial charge in [0.05, 0.1) is 6.10 Å². The molecule has 0 aliphatic carbocycles. The smallest absolute Gasteiger partial charge is 0.125 e. The fraction of sp³-hybridized carbons (Fsp3) is 0.222. The van der Waals surface area contributed by atoms with Gasteiger partial charge in [0.15, 0.2) is 0 Å². The third kappa shape index (κ3) is 3.97. The van der Waals surface area contributed by atoms with E-state index in [0.29, 0.717) is 6.61 Å². The van der Waals surface area contributed by atoms with Gasteiger partial charge in [-0.15, -0.1) is 0 Å². The first-order valence-electron chi connectivity index (χ1n) is 6.80. The first-order valence-corrected chi connectivity index (χ1v) is 6.80. The number of benzene rings is 2. The average Bonchev–Trinajstić information content (AvgIpc) is 2.45. The van der Waals surface area contributed by atoms with Gasteiger partial charge < -0.3 is 9.84 Å². The highest BCUT2D eigenvalue weighted by Crippen LogP contribution is 2.26. The topological polar surface area (TPSA) is 29.5 Å². The summed E-state index contributed by atoms with van der Waals surface area (Å²) in [6, 6.07) is 16.0. The monoisotopic (exact) mass is 268 g/mol. The van der Waals surface area contributed by atoms with E-state index in [1.807, 2.05) is 67.6 Å². The Hall–Kier alpha value is -2.06. The van der Waals surface area contributed by atoms with Crippen LogP contribution < -0.4 is 4.74 Å². The van der Waals surface area contributed by atoms with Gasteiger partial charge in [-0.3, -0.25) is 0 Å². The minimum absolute atomic E-state index is 0.484. The van der Waals surface area contributed by atoms with E-state index in [0.717, 1.165) is 22.4 Å². The molecule has 2 aromatic rings. The van der Waals surface area contributed by atoms with Crippen LogP contribution in [-0.4, -0.2) is 11.7 Å². The zero-order valence-electron chi connectivity index (χ0n) is 11.9. The maximum atomic E-state index is 9.77. The summed E-state index contributed by atoms with van der Waals surface area (Å²) >= 11 is 0. The molecule has 2 aromatic carbocycles. The lowest BCUT2D eigenvalue weighted by Gasteiger charge is -2.13. The molecule has 2 nitrogen and oxygen atoms in total. The number of rotatable bonds is 5. The van der Waals surface area contributed by atoms with Gasteiger partial charge in [0, 0.05) is 5.56 Å². The highest BCUT2D eigenvalue weighted by molar-refractivity contribution is 5.48.